The van der Waals surface area contributed by atoms with Crippen LogP contribution in [0.4, 0.5) is 19.1 Å². The first kappa shape index (κ1) is 11.2. The third-order valence-corrected chi connectivity index (χ3v) is 2.41. The normalized spacial score (nSPS) is 17.4. The van der Waals surface area contributed by atoms with Crippen molar-refractivity contribution in [3.8, 4) is 0 Å². The zero-order valence-electron chi connectivity index (χ0n) is 8.91. The van der Waals surface area contributed by atoms with Gasteiger partial charge in [-0.1, -0.05) is 0 Å². The maximum absolute atomic E-state index is 12.4. The van der Waals surface area contributed by atoms with Crippen LogP contribution < -0.4 is 5.32 Å². The van der Waals surface area contributed by atoms with Gasteiger partial charge in [0, 0.05) is 6.04 Å². The summed E-state index contributed by atoms with van der Waals surface area (Å²) in [6.45, 7) is 4.74. The number of nitrogens with one attached hydrogen (secondary N) is 1. The van der Waals surface area contributed by atoms with Gasteiger partial charge in [0.25, 0.3) is 5.82 Å². The van der Waals surface area contributed by atoms with E-state index in [1.54, 1.807) is 0 Å². The summed E-state index contributed by atoms with van der Waals surface area (Å²) in [5.41, 5.74) is 0. The molecule has 0 spiro atoms. The van der Waals surface area contributed by atoms with Gasteiger partial charge in [0.2, 0.25) is 5.95 Å². The minimum Gasteiger partial charge on any atom is -0.342 e. The predicted octanol–water partition coefficient (Wildman–Crippen LogP) is 1.35. The fraction of sp³-hybridized carbons (Fsp3) is 0.750. The van der Waals surface area contributed by atoms with Gasteiger partial charge in [-0.2, -0.15) is 18.2 Å². The SMILES string of the molecule is CC(C)N1CNc2nc(C(F)(F)F)nn2C1. The van der Waals surface area contributed by atoms with Crippen molar-refractivity contribution in [1.82, 2.24) is 19.7 Å². The number of halogens is 3. The molecule has 0 amide bonds. The van der Waals surface area contributed by atoms with Crippen molar-refractivity contribution >= 4 is 5.95 Å². The Morgan fingerprint density at radius 3 is 2.62 bits per heavy atom. The van der Waals surface area contributed by atoms with E-state index in [0.717, 1.165) is 0 Å². The van der Waals surface area contributed by atoms with E-state index in [9.17, 15) is 13.2 Å². The lowest BCUT2D eigenvalue weighted by Crippen LogP contribution is -2.41. The van der Waals surface area contributed by atoms with Crippen molar-refractivity contribution in [2.24, 2.45) is 0 Å². The number of nitrogens with zero attached hydrogens (tertiary/aromatic N) is 4. The van der Waals surface area contributed by atoms with Crippen molar-refractivity contribution in [3.63, 3.8) is 0 Å². The number of anilines is 1. The van der Waals surface area contributed by atoms with Gasteiger partial charge >= 0.3 is 6.18 Å². The van der Waals surface area contributed by atoms with E-state index in [1.807, 2.05) is 18.7 Å². The summed E-state index contributed by atoms with van der Waals surface area (Å²) in [7, 11) is 0. The van der Waals surface area contributed by atoms with Crippen LogP contribution in [0.25, 0.3) is 0 Å². The number of fused-ring (bicyclic) bond motifs is 1. The van der Waals surface area contributed by atoms with Crippen LogP contribution in [0.5, 0.6) is 0 Å². The number of aromatic nitrogens is 3. The highest BCUT2D eigenvalue weighted by Gasteiger charge is 2.38. The summed E-state index contributed by atoms with van der Waals surface area (Å²) < 4.78 is 38.3. The predicted molar refractivity (Wildman–Crippen MR) is 50.5 cm³/mol. The van der Waals surface area contributed by atoms with Crippen LogP contribution in [0.3, 0.4) is 0 Å². The topological polar surface area (TPSA) is 46.0 Å². The Hall–Kier alpha value is -1.31. The Labute approximate surface area is 90.2 Å². The summed E-state index contributed by atoms with van der Waals surface area (Å²) in [5.74, 6) is -0.926. The zero-order valence-corrected chi connectivity index (χ0v) is 8.91. The smallest absolute Gasteiger partial charge is 0.342 e. The molecule has 1 N–H and O–H groups in total. The van der Waals surface area contributed by atoms with Gasteiger partial charge < -0.3 is 5.32 Å². The molecule has 2 heterocycles. The third kappa shape index (κ3) is 1.97. The molecule has 0 aromatic carbocycles. The molecule has 0 saturated carbocycles. The lowest BCUT2D eigenvalue weighted by atomic mass is 10.3. The molecule has 1 aliphatic rings. The Balaban J connectivity index is 2.23. The molecule has 90 valence electrons. The van der Waals surface area contributed by atoms with E-state index in [1.165, 1.54) is 4.68 Å². The molecule has 8 heteroatoms. The van der Waals surface area contributed by atoms with E-state index in [2.05, 4.69) is 15.4 Å². The van der Waals surface area contributed by atoms with Crippen molar-refractivity contribution < 1.29 is 13.2 Å². The Morgan fingerprint density at radius 2 is 2.06 bits per heavy atom. The van der Waals surface area contributed by atoms with Crippen molar-refractivity contribution in [2.45, 2.75) is 32.7 Å². The molecule has 0 radical (unpaired) electrons. The van der Waals surface area contributed by atoms with E-state index in [0.29, 0.717) is 13.3 Å². The summed E-state index contributed by atoms with van der Waals surface area (Å²) >= 11 is 0. The van der Waals surface area contributed by atoms with Gasteiger partial charge in [0.1, 0.15) is 0 Å². The summed E-state index contributed by atoms with van der Waals surface area (Å²) in [6, 6.07) is 0.235. The summed E-state index contributed by atoms with van der Waals surface area (Å²) in [5, 5.41) is 6.23. The van der Waals surface area contributed by atoms with Crippen LogP contribution in [0.2, 0.25) is 0 Å². The molecule has 0 bridgehead atoms. The largest absolute Gasteiger partial charge is 0.453 e. The van der Waals surface area contributed by atoms with E-state index < -0.39 is 12.0 Å². The van der Waals surface area contributed by atoms with Gasteiger partial charge in [-0.3, -0.25) is 4.90 Å². The van der Waals surface area contributed by atoms with Crippen molar-refractivity contribution in [1.29, 1.82) is 0 Å². The molecule has 5 nitrogen and oxygen atoms in total. The number of alkyl halides is 3. The Bertz CT molecular complexity index is 384. The van der Waals surface area contributed by atoms with E-state index in [4.69, 9.17) is 0 Å². The molecule has 2 rings (SSSR count). The van der Waals surface area contributed by atoms with Gasteiger partial charge in [-0.05, 0) is 13.8 Å². The highest BCUT2D eigenvalue weighted by atomic mass is 19.4. The summed E-state index contributed by atoms with van der Waals surface area (Å²) in [6.07, 6.45) is -4.49. The fourth-order valence-electron chi connectivity index (χ4n) is 1.43. The monoisotopic (exact) mass is 235 g/mol. The zero-order chi connectivity index (χ0) is 11.9. The molecule has 1 aliphatic heterocycles. The molecular weight excluding hydrogens is 223 g/mol. The molecule has 1 aromatic heterocycles. The highest BCUT2D eigenvalue weighted by Crippen LogP contribution is 2.28. The first-order chi connectivity index (χ1) is 7.38. The standard InChI is InChI=1S/C8H12F3N5/c1-5(2)15-3-12-7-13-6(8(9,10)11)14-16(7)4-15/h5H,3-4H2,1-2H3,(H,12,13,14). The van der Waals surface area contributed by atoms with Gasteiger partial charge in [-0.25, -0.2) is 4.68 Å². The van der Waals surface area contributed by atoms with E-state index in [-0.39, 0.29) is 12.0 Å². The van der Waals surface area contributed by atoms with Gasteiger partial charge in [0.05, 0.1) is 13.3 Å². The fourth-order valence-corrected chi connectivity index (χ4v) is 1.43. The maximum Gasteiger partial charge on any atom is 0.453 e. The second-order valence-corrected chi connectivity index (χ2v) is 3.92. The molecule has 0 fully saturated rings. The van der Waals surface area contributed by atoms with E-state index >= 15 is 0 Å². The lowest BCUT2D eigenvalue weighted by molar-refractivity contribution is -0.145. The van der Waals surface area contributed by atoms with Crippen LogP contribution in [0, 0.1) is 0 Å². The number of hydrogen-bond donors (Lipinski definition) is 1. The molecule has 0 unspecified atom stereocenters. The molecular formula is C8H12F3N5. The van der Waals surface area contributed by atoms with Crippen molar-refractivity contribution in [2.75, 3.05) is 12.0 Å². The first-order valence-electron chi connectivity index (χ1n) is 4.88. The molecule has 0 saturated heterocycles. The first-order valence-corrected chi connectivity index (χ1v) is 4.88. The second kappa shape index (κ2) is 3.62. The number of rotatable bonds is 1. The Morgan fingerprint density at radius 1 is 1.38 bits per heavy atom. The molecule has 0 aliphatic carbocycles. The summed E-state index contributed by atoms with van der Waals surface area (Å²) in [4.78, 5) is 5.35. The van der Waals surface area contributed by atoms with Crippen LogP contribution >= 0.6 is 0 Å². The highest BCUT2D eigenvalue weighted by molar-refractivity contribution is 5.26. The average molecular weight is 235 g/mol. The average Bonchev–Trinajstić information content (AvgIpc) is 2.58. The van der Waals surface area contributed by atoms with Gasteiger partial charge in [-0.15, -0.1) is 5.10 Å². The van der Waals surface area contributed by atoms with Crippen LogP contribution in [0.15, 0.2) is 0 Å². The van der Waals surface area contributed by atoms with Crippen LogP contribution in [-0.2, 0) is 12.8 Å². The third-order valence-electron chi connectivity index (χ3n) is 2.41. The Kier molecular flexibility index (Phi) is 2.53. The van der Waals surface area contributed by atoms with Crippen LogP contribution in [-0.4, -0.2) is 32.4 Å². The quantitative estimate of drug-likeness (QED) is 0.798. The minimum absolute atomic E-state index is 0.171. The van der Waals surface area contributed by atoms with Crippen molar-refractivity contribution in [3.05, 3.63) is 5.82 Å². The second-order valence-electron chi connectivity index (χ2n) is 3.92. The minimum atomic E-state index is -4.49. The maximum atomic E-state index is 12.4. The van der Waals surface area contributed by atoms with Crippen LogP contribution in [0.1, 0.15) is 19.7 Å². The molecule has 16 heavy (non-hydrogen) atoms. The van der Waals surface area contributed by atoms with Gasteiger partial charge in [0.15, 0.2) is 0 Å². The molecule has 1 aromatic rings. The lowest BCUT2D eigenvalue weighted by Gasteiger charge is -2.30. The molecule has 0 atom stereocenters. The number of hydrogen-bond acceptors (Lipinski definition) is 4.